The molecule has 60 heavy (non-hydrogen) atoms. The molecule has 5 atom stereocenters. The average molecular weight is 856 g/mol. The maximum absolute atomic E-state index is 14.9. The number of amides is 3. The van der Waals surface area contributed by atoms with E-state index in [1.165, 1.54) is 22.3 Å². The molecule has 2 aromatic carbocycles. The van der Waals surface area contributed by atoms with Crippen LogP contribution in [0.25, 0.3) is 33.5 Å². The lowest BCUT2D eigenvalue weighted by Gasteiger charge is -2.35. The minimum atomic E-state index is -3.91. The molecule has 15 nitrogen and oxygen atoms in total. The number of nitrogens with zero attached hydrogens (tertiary/aromatic N) is 4. The summed E-state index contributed by atoms with van der Waals surface area (Å²) in [5, 5.41) is 8.72. The van der Waals surface area contributed by atoms with E-state index in [4.69, 9.17) is 23.9 Å². The number of carbonyl (C=O) groups is 3. The van der Waals surface area contributed by atoms with Gasteiger partial charge in [-0.05, 0) is 81.8 Å². The molecule has 5 aromatic rings. The summed E-state index contributed by atoms with van der Waals surface area (Å²) in [4.78, 5) is 58.9. The van der Waals surface area contributed by atoms with Crippen molar-refractivity contribution >= 4 is 66.3 Å². The number of furan rings is 1. The molecule has 3 aliphatic rings. The number of hydrogen-bond donors (Lipinski definition) is 3. The lowest BCUT2D eigenvalue weighted by molar-refractivity contribution is -0.141. The van der Waals surface area contributed by atoms with E-state index < -0.39 is 62.1 Å². The van der Waals surface area contributed by atoms with E-state index >= 15 is 0 Å². The second-order valence-electron chi connectivity index (χ2n) is 17.2. The first-order valence-corrected chi connectivity index (χ1v) is 22.5. The first kappa shape index (κ1) is 41.2. The molecule has 3 fully saturated rings. The maximum Gasteiger partial charge on any atom is 0.262 e. The van der Waals surface area contributed by atoms with Gasteiger partial charge in [-0.2, -0.15) is 4.98 Å². The predicted octanol–water partition coefficient (Wildman–Crippen LogP) is 6.14. The molecule has 0 spiro atoms. The number of para-hydroxylation sites is 1. The van der Waals surface area contributed by atoms with Crippen molar-refractivity contribution in [2.45, 2.75) is 102 Å². The Balaban J connectivity index is 1.14. The number of likely N-dealkylation sites (tertiary alicyclic amines) is 1. The summed E-state index contributed by atoms with van der Waals surface area (Å²) in [5.41, 5.74) is 0.719. The van der Waals surface area contributed by atoms with Gasteiger partial charge in [0.05, 0.1) is 23.6 Å². The highest BCUT2D eigenvalue weighted by molar-refractivity contribution is 7.91. The van der Waals surface area contributed by atoms with Crippen molar-refractivity contribution in [1.82, 2.24) is 29.9 Å². The minimum absolute atomic E-state index is 0.00520. The topological polar surface area (TPSA) is 195 Å². The third-order valence-electron chi connectivity index (χ3n) is 11.0. The first-order chi connectivity index (χ1) is 28.5. The molecule has 8 rings (SSSR count). The Morgan fingerprint density at radius 1 is 1.07 bits per heavy atom. The molecule has 4 heterocycles. The third-order valence-corrected chi connectivity index (χ3v) is 13.8. The van der Waals surface area contributed by atoms with Crippen LogP contribution in [-0.2, 0) is 24.4 Å². The summed E-state index contributed by atoms with van der Waals surface area (Å²) < 4.78 is 46.7. The van der Waals surface area contributed by atoms with Crippen LogP contribution in [-0.4, -0.2) is 87.6 Å². The van der Waals surface area contributed by atoms with Gasteiger partial charge in [-0.25, -0.2) is 18.4 Å². The Kier molecular flexibility index (Phi) is 10.6. The zero-order valence-electron chi connectivity index (χ0n) is 34.4. The standard InChI is InChI=1S/C43H49N7O8S2/c1-8-26-20-43(26,40(53)49-60(54,55)29-17-18-29)48-37(51)31-19-28(21-50(31)39(52)35(42(5,6)7)46-41-44-24(4)22-59-41)57-38-34-33(30-11-9-10-12-32(30)58-34)45-36(47-38)25-13-15-27(16-14-25)56-23(2)3/h8-16,22-23,26,28-29,31,35H,1,17-21H2,2-7H3,(H,44,46)(H,48,51)(H,49,53)/t26-,28-,31+,35-,43-/m1/s1. The van der Waals surface area contributed by atoms with E-state index in [0.717, 1.165) is 11.1 Å². The van der Waals surface area contributed by atoms with Gasteiger partial charge in [0.15, 0.2) is 11.0 Å². The number of nitrogens with one attached hydrogen (secondary N) is 3. The van der Waals surface area contributed by atoms with Crippen LogP contribution in [0.1, 0.15) is 66.0 Å². The molecule has 1 saturated heterocycles. The highest BCUT2D eigenvalue weighted by Crippen LogP contribution is 2.46. The molecule has 2 aliphatic carbocycles. The Morgan fingerprint density at radius 3 is 2.43 bits per heavy atom. The monoisotopic (exact) mass is 855 g/mol. The van der Waals surface area contributed by atoms with Crippen molar-refractivity contribution in [2.75, 3.05) is 11.9 Å². The number of benzene rings is 2. The summed E-state index contributed by atoms with van der Waals surface area (Å²) in [6.07, 6.45) is 1.85. The van der Waals surface area contributed by atoms with Gasteiger partial charge in [0.1, 0.15) is 40.6 Å². The maximum atomic E-state index is 14.9. The zero-order valence-corrected chi connectivity index (χ0v) is 36.0. The van der Waals surface area contributed by atoms with E-state index in [2.05, 4.69) is 26.9 Å². The number of carbonyl (C=O) groups excluding carboxylic acids is 3. The van der Waals surface area contributed by atoms with E-state index in [1.54, 1.807) is 0 Å². The Morgan fingerprint density at radius 2 is 1.80 bits per heavy atom. The smallest absolute Gasteiger partial charge is 0.262 e. The van der Waals surface area contributed by atoms with E-state index in [9.17, 15) is 22.8 Å². The van der Waals surface area contributed by atoms with Crippen molar-refractivity contribution < 1.29 is 36.7 Å². The highest BCUT2D eigenvalue weighted by atomic mass is 32.2. The quantitative estimate of drug-likeness (QED) is 0.108. The Hall–Kier alpha value is -5.55. The lowest BCUT2D eigenvalue weighted by Crippen LogP contribution is -2.58. The SMILES string of the molecule is C=C[C@@H]1C[C@]1(NC(=O)[C@@H]1C[C@@H](Oc2nc(-c3ccc(OC(C)C)cc3)nc3c2oc2ccccc23)CN1C(=O)[C@@H](Nc1nc(C)cs1)C(C)(C)C)C(=O)NS(=O)(=O)C1CC1. The molecular formula is C43H49N7O8S2. The van der Waals surface area contributed by atoms with Crippen molar-refractivity contribution in [1.29, 1.82) is 0 Å². The fourth-order valence-corrected chi connectivity index (χ4v) is 9.72. The van der Waals surface area contributed by atoms with Crippen LogP contribution < -0.4 is 24.8 Å². The van der Waals surface area contributed by atoms with Crippen LogP contribution in [0.4, 0.5) is 5.13 Å². The van der Waals surface area contributed by atoms with Crippen molar-refractivity contribution in [3.63, 3.8) is 0 Å². The normalized spacial score (nSPS) is 22.1. The number of thiazole rings is 1. The van der Waals surface area contributed by atoms with Crippen LogP contribution in [0.2, 0.25) is 0 Å². The summed E-state index contributed by atoms with van der Waals surface area (Å²) in [7, 11) is -3.91. The number of anilines is 1. The number of ether oxygens (including phenoxy) is 2. The number of aryl methyl sites for hydroxylation is 1. The van der Waals surface area contributed by atoms with Crippen molar-refractivity contribution in [2.24, 2.45) is 11.3 Å². The highest BCUT2D eigenvalue weighted by Gasteiger charge is 2.62. The molecule has 3 amide bonds. The fourth-order valence-electron chi connectivity index (χ4n) is 7.64. The molecule has 3 N–H and O–H groups in total. The summed E-state index contributed by atoms with van der Waals surface area (Å²) in [6.45, 7) is 15.3. The molecule has 17 heteroatoms. The van der Waals surface area contributed by atoms with Crippen molar-refractivity contribution in [3.05, 3.63) is 72.3 Å². The summed E-state index contributed by atoms with van der Waals surface area (Å²) >= 11 is 1.37. The lowest BCUT2D eigenvalue weighted by atomic mass is 9.85. The van der Waals surface area contributed by atoms with Gasteiger partial charge in [0, 0.05) is 28.7 Å². The molecular weight excluding hydrogens is 807 g/mol. The minimum Gasteiger partial charge on any atom is -0.491 e. The second-order valence-corrected chi connectivity index (χ2v) is 20.0. The number of aromatic nitrogens is 3. The average Bonchev–Trinajstić information content (AvgIpc) is 4.04. The molecule has 0 bridgehead atoms. The van der Waals surface area contributed by atoms with Gasteiger partial charge < -0.3 is 29.4 Å². The predicted molar refractivity (Wildman–Crippen MR) is 228 cm³/mol. The van der Waals surface area contributed by atoms with Gasteiger partial charge >= 0.3 is 0 Å². The molecule has 1 aliphatic heterocycles. The summed E-state index contributed by atoms with van der Waals surface area (Å²) in [6, 6.07) is 12.9. The number of sulfonamides is 1. The first-order valence-electron chi connectivity index (χ1n) is 20.1. The molecule has 0 radical (unpaired) electrons. The van der Waals surface area contributed by atoms with Gasteiger partial charge in [0.2, 0.25) is 27.4 Å². The Labute approximate surface area is 352 Å². The largest absolute Gasteiger partial charge is 0.491 e. The summed E-state index contributed by atoms with van der Waals surface area (Å²) in [5.74, 6) is -1.15. The van der Waals surface area contributed by atoms with E-state index in [1.807, 2.05) is 95.5 Å². The van der Waals surface area contributed by atoms with Crippen LogP contribution in [0.3, 0.4) is 0 Å². The fraction of sp³-hybridized carbons (Fsp3) is 0.442. The van der Waals surface area contributed by atoms with Crippen molar-refractivity contribution in [3.8, 4) is 23.0 Å². The molecule has 0 unspecified atom stereocenters. The van der Waals surface area contributed by atoms with Crippen LogP contribution in [0, 0.1) is 18.3 Å². The van der Waals surface area contributed by atoms with E-state index in [-0.39, 0.29) is 37.3 Å². The van der Waals surface area contributed by atoms with Crippen LogP contribution in [0.15, 0.2) is 71.0 Å². The van der Waals surface area contributed by atoms with Gasteiger partial charge in [-0.1, -0.05) is 39.0 Å². The van der Waals surface area contributed by atoms with Crippen LogP contribution in [0.5, 0.6) is 11.6 Å². The van der Waals surface area contributed by atoms with E-state index in [0.29, 0.717) is 51.8 Å². The van der Waals surface area contributed by atoms with Gasteiger partial charge in [0.25, 0.3) is 11.8 Å². The van der Waals surface area contributed by atoms with Gasteiger partial charge in [-0.3, -0.25) is 19.1 Å². The Bertz CT molecular complexity index is 2600. The van der Waals surface area contributed by atoms with Gasteiger partial charge in [-0.15, -0.1) is 17.9 Å². The molecule has 316 valence electrons. The molecule has 3 aromatic heterocycles. The second kappa shape index (κ2) is 15.5. The molecule has 2 saturated carbocycles. The third kappa shape index (κ3) is 8.16. The number of fused-ring (bicyclic) bond motifs is 3. The zero-order chi connectivity index (χ0) is 42.7. The number of rotatable bonds is 14. The number of hydrogen-bond acceptors (Lipinski definition) is 13. The van der Waals surface area contributed by atoms with Crippen LogP contribution >= 0.6 is 11.3 Å².